The number of carbonyl (C=O) groups is 3. The average molecular weight is 423 g/mol. The maximum atomic E-state index is 12.8. The number of anilines is 1. The van der Waals surface area contributed by atoms with E-state index in [1.165, 1.54) is 31.7 Å². The summed E-state index contributed by atoms with van der Waals surface area (Å²) >= 11 is 0. The maximum absolute atomic E-state index is 12.8. The van der Waals surface area contributed by atoms with Gasteiger partial charge >= 0.3 is 12.0 Å². The minimum absolute atomic E-state index is 0.0181. The number of benzene rings is 1. The number of ether oxygens (including phenoxy) is 1. The van der Waals surface area contributed by atoms with Crippen LogP contribution < -0.4 is 10.2 Å². The number of urea groups is 1. The normalized spacial score (nSPS) is 17.6. The summed E-state index contributed by atoms with van der Waals surface area (Å²) in [5, 5.41) is 2.63. The Morgan fingerprint density at radius 2 is 1.90 bits per heavy atom. The van der Waals surface area contributed by atoms with Crippen molar-refractivity contribution in [3.8, 4) is 0 Å². The molecule has 8 nitrogen and oxygen atoms in total. The van der Waals surface area contributed by atoms with Gasteiger partial charge in [0.15, 0.2) is 0 Å². The molecule has 162 valence electrons. The van der Waals surface area contributed by atoms with Gasteiger partial charge in [-0.3, -0.25) is 9.69 Å². The maximum Gasteiger partial charge on any atom is 0.373 e. The highest BCUT2D eigenvalue weighted by molar-refractivity contribution is 6.14. The molecule has 2 fully saturated rings. The lowest BCUT2D eigenvalue weighted by Crippen LogP contribution is -2.30. The van der Waals surface area contributed by atoms with Crippen molar-refractivity contribution in [2.75, 3.05) is 25.1 Å². The summed E-state index contributed by atoms with van der Waals surface area (Å²) in [6, 6.07) is 6.65. The smallest absolute Gasteiger partial charge is 0.373 e. The standard InChI is InChI=1S/C23H25N3O5/c1-14-11-19(25-8-4-5-9-25)15(2)10-16(14)12-18-21(27)26(23(29)24-18)13-17-6-7-20(31-17)22(28)30-3/h6-7,10-12H,4-5,8-9,13H2,1-3H3,(H,24,29)/b18-12-. The summed E-state index contributed by atoms with van der Waals surface area (Å²) in [6.45, 7) is 6.11. The Morgan fingerprint density at radius 3 is 2.61 bits per heavy atom. The van der Waals surface area contributed by atoms with Gasteiger partial charge in [0.25, 0.3) is 5.91 Å². The Bertz CT molecular complexity index is 1080. The van der Waals surface area contributed by atoms with Crippen LogP contribution in [-0.4, -0.2) is 43.0 Å². The molecular weight excluding hydrogens is 398 g/mol. The van der Waals surface area contributed by atoms with Crippen LogP contribution in [0.5, 0.6) is 0 Å². The van der Waals surface area contributed by atoms with Gasteiger partial charge < -0.3 is 19.4 Å². The third kappa shape index (κ3) is 4.05. The summed E-state index contributed by atoms with van der Waals surface area (Å²) in [4.78, 5) is 40.2. The summed E-state index contributed by atoms with van der Waals surface area (Å²) in [5.74, 6) is -0.731. The monoisotopic (exact) mass is 423 g/mol. The van der Waals surface area contributed by atoms with Crippen molar-refractivity contribution in [3.63, 3.8) is 0 Å². The predicted octanol–water partition coefficient (Wildman–Crippen LogP) is 3.38. The van der Waals surface area contributed by atoms with Crippen molar-refractivity contribution in [2.24, 2.45) is 0 Å². The lowest BCUT2D eigenvalue weighted by atomic mass is 10.0. The van der Waals surface area contributed by atoms with Crippen LogP contribution in [0.1, 0.15) is 45.8 Å². The predicted molar refractivity (Wildman–Crippen MR) is 114 cm³/mol. The Labute approximate surface area is 180 Å². The largest absolute Gasteiger partial charge is 0.463 e. The molecule has 1 N–H and O–H groups in total. The molecule has 3 amide bonds. The highest BCUT2D eigenvalue weighted by Gasteiger charge is 2.34. The molecule has 3 heterocycles. The zero-order chi connectivity index (χ0) is 22.1. The Morgan fingerprint density at radius 1 is 1.16 bits per heavy atom. The van der Waals surface area contributed by atoms with Crippen LogP contribution in [0.4, 0.5) is 10.5 Å². The molecule has 0 spiro atoms. The van der Waals surface area contributed by atoms with Gasteiger partial charge in [0, 0.05) is 18.8 Å². The number of hydrogen-bond acceptors (Lipinski definition) is 6. The second-order valence-corrected chi connectivity index (χ2v) is 7.83. The number of methoxy groups -OCH3 is 1. The van der Waals surface area contributed by atoms with Gasteiger partial charge in [0.2, 0.25) is 5.76 Å². The molecule has 0 saturated carbocycles. The Balaban J connectivity index is 1.53. The van der Waals surface area contributed by atoms with Gasteiger partial charge in [-0.25, -0.2) is 9.59 Å². The van der Waals surface area contributed by atoms with E-state index >= 15 is 0 Å². The Kier molecular flexibility index (Phi) is 5.54. The number of imide groups is 1. The van der Waals surface area contributed by atoms with E-state index in [9.17, 15) is 14.4 Å². The van der Waals surface area contributed by atoms with Crippen molar-refractivity contribution in [1.82, 2.24) is 10.2 Å². The van der Waals surface area contributed by atoms with Gasteiger partial charge in [-0.05, 0) is 73.7 Å². The van der Waals surface area contributed by atoms with Crippen molar-refractivity contribution < 1.29 is 23.5 Å². The molecule has 4 rings (SSSR count). The molecule has 2 saturated heterocycles. The van der Waals surface area contributed by atoms with E-state index < -0.39 is 17.9 Å². The molecule has 2 aliphatic rings. The van der Waals surface area contributed by atoms with Crippen LogP contribution in [0.2, 0.25) is 0 Å². The molecule has 0 unspecified atom stereocenters. The van der Waals surface area contributed by atoms with Crippen LogP contribution >= 0.6 is 0 Å². The molecule has 0 aliphatic carbocycles. The number of amides is 3. The fraction of sp³-hybridized carbons (Fsp3) is 0.348. The van der Waals surface area contributed by atoms with Crippen LogP contribution in [0, 0.1) is 13.8 Å². The number of carbonyl (C=O) groups excluding carboxylic acids is 3. The highest BCUT2D eigenvalue weighted by Crippen LogP contribution is 2.29. The van der Waals surface area contributed by atoms with Gasteiger partial charge in [0.05, 0.1) is 13.7 Å². The molecular formula is C23H25N3O5. The SMILES string of the molecule is COC(=O)c1ccc(CN2C(=O)N/C(=C\c3cc(C)c(N4CCCC4)cc3C)C2=O)o1. The summed E-state index contributed by atoms with van der Waals surface area (Å²) in [6.07, 6.45) is 4.12. The summed E-state index contributed by atoms with van der Waals surface area (Å²) in [5.41, 5.74) is 4.49. The van der Waals surface area contributed by atoms with Crippen molar-refractivity contribution >= 4 is 29.7 Å². The van der Waals surface area contributed by atoms with E-state index in [1.807, 2.05) is 13.0 Å². The first kappa shape index (κ1) is 20.7. The van der Waals surface area contributed by atoms with Crippen LogP contribution in [-0.2, 0) is 16.1 Å². The third-order valence-electron chi connectivity index (χ3n) is 5.66. The molecule has 1 aromatic carbocycles. The number of rotatable bonds is 5. The van der Waals surface area contributed by atoms with Crippen molar-refractivity contribution in [3.05, 3.63) is 58.2 Å². The third-order valence-corrected chi connectivity index (χ3v) is 5.66. The second-order valence-electron chi connectivity index (χ2n) is 7.83. The van der Waals surface area contributed by atoms with Crippen LogP contribution in [0.3, 0.4) is 0 Å². The number of hydrogen-bond donors (Lipinski definition) is 1. The lowest BCUT2D eigenvalue weighted by Gasteiger charge is -2.21. The lowest BCUT2D eigenvalue weighted by molar-refractivity contribution is -0.123. The first-order chi connectivity index (χ1) is 14.9. The first-order valence-electron chi connectivity index (χ1n) is 10.2. The van der Waals surface area contributed by atoms with E-state index in [0.29, 0.717) is 5.76 Å². The zero-order valence-corrected chi connectivity index (χ0v) is 17.9. The summed E-state index contributed by atoms with van der Waals surface area (Å²) < 4.78 is 9.97. The first-order valence-corrected chi connectivity index (χ1v) is 10.2. The topological polar surface area (TPSA) is 92.1 Å². The van der Waals surface area contributed by atoms with E-state index in [1.54, 1.807) is 12.1 Å². The van der Waals surface area contributed by atoms with Crippen molar-refractivity contribution in [1.29, 1.82) is 0 Å². The molecule has 0 radical (unpaired) electrons. The Hall–Kier alpha value is -3.55. The minimum atomic E-state index is -0.618. The minimum Gasteiger partial charge on any atom is -0.463 e. The van der Waals surface area contributed by atoms with Crippen molar-refractivity contribution in [2.45, 2.75) is 33.2 Å². The molecule has 0 bridgehead atoms. The van der Waals surface area contributed by atoms with E-state index in [4.69, 9.17) is 4.42 Å². The van der Waals surface area contributed by atoms with Crippen LogP contribution in [0.25, 0.3) is 6.08 Å². The number of nitrogens with zero attached hydrogens (tertiary/aromatic N) is 2. The quantitative estimate of drug-likeness (QED) is 0.450. The number of aryl methyl sites for hydroxylation is 2. The van der Waals surface area contributed by atoms with Gasteiger partial charge in [-0.2, -0.15) is 0 Å². The highest BCUT2D eigenvalue weighted by atomic mass is 16.5. The fourth-order valence-corrected chi connectivity index (χ4v) is 3.98. The molecule has 0 atom stereocenters. The van der Waals surface area contributed by atoms with Gasteiger partial charge in [-0.1, -0.05) is 0 Å². The molecule has 8 heteroatoms. The molecule has 1 aromatic heterocycles. The molecule has 2 aliphatic heterocycles. The second kappa shape index (κ2) is 8.29. The zero-order valence-electron chi connectivity index (χ0n) is 17.9. The molecule has 31 heavy (non-hydrogen) atoms. The van der Waals surface area contributed by atoms with Gasteiger partial charge in [-0.15, -0.1) is 0 Å². The number of furan rings is 1. The van der Waals surface area contributed by atoms with E-state index in [2.05, 4.69) is 27.9 Å². The molecule has 2 aromatic rings. The average Bonchev–Trinajstić information content (AvgIpc) is 3.49. The fourth-order valence-electron chi connectivity index (χ4n) is 3.98. The van der Waals surface area contributed by atoms with E-state index in [-0.39, 0.29) is 18.0 Å². The van der Waals surface area contributed by atoms with Gasteiger partial charge in [0.1, 0.15) is 11.5 Å². The van der Waals surface area contributed by atoms with Crippen LogP contribution in [0.15, 0.2) is 34.4 Å². The summed E-state index contributed by atoms with van der Waals surface area (Å²) in [7, 11) is 1.25. The number of nitrogens with one attached hydrogen (secondary N) is 1. The van der Waals surface area contributed by atoms with E-state index in [0.717, 1.165) is 34.7 Å². The number of esters is 1.